The first-order valence-corrected chi connectivity index (χ1v) is 7.52. The number of alkyl halides is 3. The highest BCUT2D eigenvalue weighted by Crippen LogP contribution is 2.30. The Bertz CT molecular complexity index is 674. The van der Waals surface area contributed by atoms with Gasteiger partial charge in [0.2, 0.25) is 0 Å². The summed E-state index contributed by atoms with van der Waals surface area (Å²) in [6, 6.07) is 2.84. The van der Waals surface area contributed by atoms with Gasteiger partial charge in [-0.2, -0.15) is 18.3 Å². The summed E-state index contributed by atoms with van der Waals surface area (Å²) in [5.41, 5.74) is 0.0384. The molecule has 0 spiro atoms. The zero-order chi connectivity index (χ0) is 16.6. The highest BCUT2D eigenvalue weighted by molar-refractivity contribution is 5.40. The van der Waals surface area contributed by atoms with Gasteiger partial charge >= 0.3 is 6.18 Å². The van der Waals surface area contributed by atoms with Crippen molar-refractivity contribution < 1.29 is 13.2 Å². The van der Waals surface area contributed by atoms with E-state index in [9.17, 15) is 13.2 Å². The van der Waals surface area contributed by atoms with Crippen molar-refractivity contribution in [3.63, 3.8) is 0 Å². The number of aryl methyl sites for hydroxylation is 2. The second-order valence-corrected chi connectivity index (χ2v) is 5.84. The summed E-state index contributed by atoms with van der Waals surface area (Å²) < 4.78 is 39.5. The number of rotatable bonds is 2. The minimum atomic E-state index is -4.40. The van der Waals surface area contributed by atoms with Crippen LogP contribution in [0.2, 0.25) is 0 Å². The molecule has 5 nitrogen and oxygen atoms in total. The highest BCUT2D eigenvalue weighted by Gasteiger charge is 2.34. The van der Waals surface area contributed by atoms with Gasteiger partial charge in [0.25, 0.3) is 0 Å². The third-order valence-electron chi connectivity index (χ3n) is 3.95. The van der Waals surface area contributed by atoms with E-state index in [2.05, 4.69) is 20.0 Å². The van der Waals surface area contributed by atoms with Crippen molar-refractivity contribution in [2.75, 3.05) is 18.0 Å². The quantitative estimate of drug-likeness (QED) is 0.851. The lowest BCUT2D eigenvalue weighted by atomic mass is 10.1. The Hall–Kier alpha value is -2.12. The van der Waals surface area contributed by atoms with Gasteiger partial charge in [-0.1, -0.05) is 0 Å². The van der Waals surface area contributed by atoms with Gasteiger partial charge in [-0.15, -0.1) is 0 Å². The summed E-state index contributed by atoms with van der Waals surface area (Å²) in [7, 11) is 0. The largest absolute Gasteiger partial charge is 0.435 e. The fraction of sp³-hybridized carbons (Fsp3) is 0.533. The third-order valence-corrected chi connectivity index (χ3v) is 3.95. The number of hydrogen-bond donors (Lipinski definition) is 0. The van der Waals surface area contributed by atoms with E-state index in [0.717, 1.165) is 37.0 Å². The molecule has 0 aliphatic carbocycles. The summed E-state index contributed by atoms with van der Waals surface area (Å²) in [6.45, 7) is 5.17. The van der Waals surface area contributed by atoms with E-state index in [4.69, 9.17) is 0 Å². The molecular formula is C15H18F3N5. The zero-order valence-corrected chi connectivity index (χ0v) is 13.0. The van der Waals surface area contributed by atoms with Crippen LogP contribution in [0.3, 0.4) is 0 Å². The number of aromatic nitrogens is 4. The summed E-state index contributed by atoms with van der Waals surface area (Å²) in [5.74, 6) is 1.52. The van der Waals surface area contributed by atoms with Crippen LogP contribution in [-0.2, 0) is 6.18 Å². The first kappa shape index (κ1) is 15.8. The van der Waals surface area contributed by atoms with Crippen molar-refractivity contribution in [1.29, 1.82) is 0 Å². The lowest BCUT2D eigenvalue weighted by Gasteiger charge is -2.33. The van der Waals surface area contributed by atoms with Gasteiger partial charge in [0.15, 0.2) is 5.69 Å². The van der Waals surface area contributed by atoms with Crippen molar-refractivity contribution in [2.45, 2.75) is 38.9 Å². The van der Waals surface area contributed by atoms with Crippen LogP contribution in [0.15, 0.2) is 18.3 Å². The lowest BCUT2D eigenvalue weighted by Crippen LogP contribution is -2.37. The smallest absolute Gasteiger partial charge is 0.354 e. The van der Waals surface area contributed by atoms with Crippen molar-refractivity contribution >= 4 is 5.82 Å². The first-order valence-electron chi connectivity index (χ1n) is 7.52. The van der Waals surface area contributed by atoms with Gasteiger partial charge in [-0.3, -0.25) is 4.68 Å². The highest BCUT2D eigenvalue weighted by atomic mass is 19.4. The normalized spacial score (nSPS) is 19.2. The number of hydrogen-bond acceptors (Lipinski definition) is 4. The topological polar surface area (TPSA) is 46.8 Å². The van der Waals surface area contributed by atoms with Gasteiger partial charge in [0.1, 0.15) is 11.6 Å². The second kappa shape index (κ2) is 5.82. The van der Waals surface area contributed by atoms with Crippen molar-refractivity contribution in [3.8, 4) is 0 Å². The lowest BCUT2D eigenvalue weighted by molar-refractivity contribution is -0.141. The van der Waals surface area contributed by atoms with Crippen molar-refractivity contribution in [3.05, 3.63) is 35.5 Å². The molecule has 3 rings (SSSR count). The molecule has 1 unspecified atom stereocenters. The van der Waals surface area contributed by atoms with Crippen molar-refractivity contribution in [2.24, 2.45) is 0 Å². The number of halogens is 3. The fourth-order valence-corrected chi connectivity index (χ4v) is 2.93. The molecule has 0 N–H and O–H groups in total. The standard InChI is InChI=1S/C15H18F3N5/c1-10-8-14(20-11(2)19-10)22-6-3-4-12(9-22)23-7-5-13(21-23)15(16,17)18/h5,7-8,12H,3-4,6,9H2,1-2H3. The van der Waals surface area contributed by atoms with Gasteiger partial charge in [0, 0.05) is 31.0 Å². The molecule has 0 saturated carbocycles. The summed E-state index contributed by atoms with van der Waals surface area (Å²) in [5, 5.41) is 3.70. The molecule has 124 valence electrons. The maximum atomic E-state index is 12.7. The van der Waals surface area contributed by atoms with E-state index in [1.54, 1.807) is 0 Å². The first-order chi connectivity index (χ1) is 10.8. The summed E-state index contributed by atoms with van der Waals surface area (Å²) in [6.07, 6.45) is -1.31. The average Bonchev–Trinajstić information content (AvgIpc) is 2.96. The number of piperidine rings is 1. The fourth-order valence-electron chi connectivity index (χ4n) is 2.93. The van der Waals surface area contributed by atoms with Crippen LogP contribution >= 0.6 is 0 Å². The zero-order valence-electron chi connectivity index (χ0n) is 13.0. The second-order valence-electron chi connectivity index (χ2n) is 5.84. The van der Waals surface area contributed by atoms with Gasteiger partial charge in [-0.05, 0) is 32.8 Å². The molecule has 3 heterocycles. The molecule has 0 bridgehead atoms. The Morgan fingerprint density at radius 1 is 1.22 bits per heavy atom. The van der Waals surface area contributed by atoms with E-state index in [0.29, 0.717) is 12.4 Å². The van der Waals surface area contributed by atoms with Gasteiger partial charge in [-0.25, -0.2) is 9.97 Å². The van der Waals surface area contributed by atoms with Gasteiger partial charge < -0.3 is 4.90 Å². The van der Waals surface area contributed by atoms with Crippen LogP contribution in [0.5, 0.6) is 0 Å². The molecule has 1 aliphatic heterocycles. The van der Waals surface area contributed by atoms with Crippen LogP contribution in [-0.4, -0.2) is 32.8 Å². The molecule has 2 aromatic rings. The number of anilines is 1. The predicted molar refractivity (Wildman–Crippen MR) is 79.2 cm³/mol. The molecule has 1 aliphatic rings. The molecule has 0 aromatic carbocycles. The summed E-state index contributed by atoms with van der Waals surface area (Å²) in [4.78, 5) is 10.8. The van der Waals surface area contributed by atoms with Crippen LogP contribution in [0.1, 0.15) is 36.1 Å². The predicted octanol–water partition coefficient (Wildman–Crippen LogP) is 3.15. The van der Waals surface area contributed by atoms with Crippen LogP contribution in [0.4, 0.5) is 19.0 Å². The maximum Gasteiger partial charge on any atom is 0.435 e. The summed E-state index contributed by atoms with van der Waals surface area (Å²) >= 11 is 0. The number of nitrogens with zero attached hydrogens (tertiary/aromatic N) is 5. The molecule has 0 amide bonds. The van der Waals surface area contributed by atoms with E-state index in [1.807, 2.05) is 19.9 Å². The minimum Gasteiger partial charge on any atom is -0.354 e. The van der Waals surface area contributed by atoms with Crippen LogP contribution in [0, 0.1) is 13.8 Å². The average molecular weight is 325 g/mol. The molecule has 1 atom stereocenters. The molecule has 0 radical (unpaired) electrons. The molecule has 2 aromatic heterocycles. The Balaban J connectivity index is 1.79. The van der Waals surface area contributed by atoms with Crippen LogP contribution < -0.4 is 4.90 Å². The van der Waals surface area contributed by atoms with Gasteiger partial charge in [0.05, 0.1) is 6.04 Å². The third kappa shape index (κ3) is 3.46. The minimum absolute atomic E-state index is 0.0876. The SMILES string of the molecule is Cc1cc(N2CCCC(n3ccc(C(F)(F)F)n3)C2)nc(C)n1. The Morgan fingerprint density at radius 3 is 2.65 bits per heavy atom. The van der Waals surface area contributed by atoms with E-state index in [-0.39, 0.29) is 6.04 Å². The maximum absolute atomic E-state index is 12.7. The Kier molecular flexibility index (Phi) is 3.99. The molecular weight excluding hydrogens is 307 g/mol. The van der Waals surface area contributed by atoms with Crippen molar-refractivity contribution in [1.82, 2.24) is 19.7 Å². The molecule has 23 heavy (non-hydrogen) atoms. The Morgan fingerprint density at radius 2 is 2.00 bits per heavy atom. The van der Waals surface area contributed by atoms with E-state index >= 15 is 0 Å². The van der Waals surface area contributed by atoms with E-state index < -0.39 is 11.9 Å². The monoisotopic (exact) mass is 325 g/mol. The van der Waals surface area contributed by atoms with E-state index in [1.165, 1.54) is 10.9 Å². The molecule has 8 heteroatoms. The molecule has 1 saturated heterocycles. The van der Waals surface area contributed by atoms with Crippen LogP contribution in [0.25, 0.3) is 0 Å². The molecule has 1 fully saturated rings. The Labute approximate surface area is 132 Å².